The molecule has 1 aliphatic rings. The topological polar surface area (TPSA) is 57.7 Å². The van der Waals surface area contributed by atoms with Crippen LogP contribution in [0.5, 0.6) is 0 Å². The van der Waals surface area contributed by atoms with Crippen LogP contribution in [-0.4, -0.2) is 38.3 Å². The van der Waals surface area contributed by atoms with Gasteiger partial charge in [0, 0.05) is 30.9 Å². The number of anilines is 1. The van der Waals surface area contributed by atoms with Gasteiger partial charge in [0.25, 0.3) is 5.91 Å². The van der Waals surface area contributed by atoms with Crippen molar-refractivity contribution in [3.63, 3.8) is 0 Å². The molecule has 156 valence electrons. The zero-order chi connectivity index (χ0) is 21.3. The van der Waals surface area contributed by atoms with E-state index in [1.165, 1.54) is 27.6 Å². The van der Waals surface area contributed by atoms with Gasteiger partial charge in [-0.05, 0) is 67.6 Å². The minimum Gasteiger partial charge on any atom is -0.308 e. The van der Waals surface area contributed by atoms with Gasteiger partial charge in [0.1, 0.15) is 4.90 Å². The number of benzene rings is 2. The second-order valence-corrected chi connectivity index (χ2v) is 9.69. The summed E-state index contributed by atoms with van der Waals surface area (Å²) in [5, 5.41) is 0.124. The first kappa shape index (κ1) is 21.8. The van der Waals surface area contributed by atoms with Crippen LogP contribution < -0.4 is 4.90 Å². The van der Waals surface area contributed by atoms with Crippen LogP contribution in [0.1, 0.15) is 47.3 Å². The highest BCUT2D eigenvalue weighted by Gasteiger charge is 2.29. The van der Waals surface area contributed by atoms with Gasteiger partial charge in [-0.2, -0.15) is 4.31 Å². The van der Waals surface area contributed by atoms with Crippen molar-refractivity contribution in [2.45, 2.75) is 45.4 Å². The van der Waals surface area contributed by atoms with Gasteiger partial charge >= 0.3 is 0 Å². The summed E-state index contributed by atoms with van der Waals surface area (Å²) in [7, 11) is -3.76. The molecule has 0 saturated heterocycles. The summed E-state index contributed by atoms with van der Waals surface area (Å²) in [6.45, 7) is 8.92. The van der Waals surface area contributed by atoms with Crippen LogP contribution in [0.2, 0.25) is 5.02 Å². The van der Waals surface area contributed by atoms with E-state index in [0.717, 1.165) is 24.1 Å². The lowest BCUT2D eigenvalue weighted by molar-refractivity contribution is 0.0985. The van der Waals surface area contributed by atoms with Crippen LogP contribution in [0.4, 0.5) is 5.69 Å². The molecular formula is C22H27ClN2O3S. The Morgan fingerprint density at radius 3 is 2.48 bits per heavy atom. The van der Waals surface area contributed by atoms with Gasteiger partial charge < -0.3 is 4.90 Å². The average Bonchev–Trinajstić information content (AvgIpc) is 2.68. The number of nitrogens with zero attached hydrogens (tertiary/aromatic N) is 2. The normalized spacial score (nSPS) is 14.2. The summed E-state index contributed by atoms with van der Waals surface area (Å²) in [5.41, 5.74) is 4.70. The molecule has 2 aromatic carbocycles. The molecule has 0 fully saturated rings. The van der Waals surface area contributed by atoms with E-state index in [-0.39, 0.29) is 15.8 Å². The Labute approximate surface area is 178 Å². The third-order valence-electron chi connectivity index (χ3n) is 5.44. The number of carbonyl (C=O) groups excluding carboxylic acids is 1. The SMILES string of the molecule is CCN(CC)S(=O)(=O)c1cc(C(=O)N2CCCc3c(C)cc(C)cc32)ccc1Cl. The second kappa shape index (κ2) is 8.46. The Morgan fingerprint density at radius 1 is 1.14 bits per heavy atom. The Balaban J connectivity index is 2.05. The number of sulfonamides is 1. The van der Waals surface area contributed by atoms with E-state index in [9.17, 15) is 13.2 Å². The Hall–Kier alpha value is -1.89. The monoisotopic (exact) mass is 434 g/mol. The summed E-state index contributed by atoms with van der Waals surface area (Å²) in [5.74, 6) is -0.205. The predicted molar refractivity (Wildman–Crippen MR) is 117 cm³/mol. The minimum atomic E-state index is -3.76. The van der Waals surface area contributed by atoms with Crippen LogP contribution in [0.3, 0.4) is 0 Å². The molecule has 0 atom stereocenters. The van der Waals surface area contributed by atoms with E-state index in [1.807, 2.05) is 13.0 Å². The van der Waals surface area contributed by atoms with E-state index >= 15 is 0 Å². The largest absolute Gasteiger partial charge is 0.308 e. The zero-order valence-corrected chi connectivity index (χ0v) is 18.9. The molecule has 1 amide bonds. The van der Waals surface area contributed by atoms with Crippen molar-refractivity contribution in [3.05, 3.63) is 57.6 Å². The fourth-order valence-electron chi connectivity index (χ4n) is 3.98. The molecule has 7 heteroatoms. The molecule has 0 bridgehead atoms. The molecule has 0 aromatic heterocycles. The molecule has 0 aliphatic carbocycles. The highest BCUT2D eigenvalue weighted by Crippen LogP contribution is 2.33. The highest BCUT2D eigenvalue weighted by molar-refractivity contribution is 7.89. The van der Waals surface area contributed by atoms with Crippen molar-refractivity contribution in [1.82, 2.24) is 4.31 Å². The number of hydrogen-bond acceptors (Lipinski definition) is 3. The van der Waals surface area contributed by atoms with Gasteiger partial charge in [-0.3, -0.25) is 4.79 Å². The molecule has 0 spiro atoms. The molecular weight excluding hydrogens is 408 g/mol. The zero-order valence-electron chi connectivity index (χ0n) is 17.3. The number of fused-ring (bicyclic) bond motifs is 1. The molecule has 5 nitrogen and oxygen atoms in total. The van der Waals surface area contributed by atoms with Crippen molar-refractivity contribution in [3.8, 4) is 0 Å². The summed E-state index contributed by atoms with van der Waals surface area (Å²) in [6, 6.07) is 8.67. The molecule has 0 N–H and O–H groups in total. The molecule has 0 radical (unpaired) electrons. The van der Waals surface area contributed by atoms with E-state index in [1.54, 1.807) is 24.8 Å². The van der Waals surface area contributed by atoms with E-state index in [4.69, 9.17) is 11.6 Å². The van der Waals surface area contributed by atoms with E-state index < -0.39 is 10.0 Å². The predicted octanol–water partition coefficient (Wildman–Crippen LogP) is 4.58. The van der Waals surface area contributed by atoms with E-state index in [0.29, 0.717) is 25.2 Å². The maximum absolute atomic E-state index is 13.4. The number of amides is 1. The van der Waals surface area contributed by atoms with Crippen LogP contribution >= 0.6 is 11.6 Å². The lowest BCUT2D eigenvalue weighted by atomic mass is 9.94. The Morgan fingerprint density at radius 2 is 1.83 bits per heavy atom. The van der Waals surface area contributed by atoms with Gasteiger partial charge in [-0.25, -0.2) is 8.42 Å². The van der Waals surface area contributed by atoms with Crippen LogP contribution in [0.25, 0.3) is 0 Å². The third kappa shape index (κ3) is 4.06. The standard InChI is InChI=1S/C22H27ClN2O3S/c1-5-24(6-2)29(27,28)21-14-17(9-10-19(21)23)22(26)25-11-7-8-18-16(4)12-15(3)13-20(18)25/h9-10,12-14H,5-8,11H2,1-4H3. The van der Waals surface area contributed by atoms with Gasteiger partial charge in [-0.1, -0.05) is 31.5 Å². The number of halogens is 1. The quantitative estimate of drug-likeness (QED) is 0.692. The average molecular weight is 435 g/mol. The molecule has 0 unspecified atom stereocenters. The van der Waals surface area contributed by atoms with Crippen molar-refractivity contribution in [2.24, 2.45) is 0 Å². The molecule has 3 rings (SSSR count). The Bertz CT molecular complexity index is 1050. The third-order valence-corrected chi connectivity index (χ3v) is 7.97. The van der Waals surface area contributed by atoms with Crippen molar-refractivity contribution >= 4 is 33.2 Å². The van der Waals surface area contributed by atoms with Crippen LogP contribution in [0, 0.1) is 13.8 Å². The smallest absolute Gasteiger partial charge is 0.258 e. The van der Waals surface area contributed by atoms with Gasteiger partial charge in [0.05, 0.1) is 5.02 Å². The molecule has 29 heavy (non-hydrogen) atoms. The summed E-state index contributed by atoms with van der Waals surface area (Å²) >= 11 is 6.22. The lowest BCUT2D eigenvalue weighted by Gasteiger charge is -2.31. The lowest BCUT2D eigenvalue weighted by Crippen LogP contribution is -2.36. The van der Waals surface area contributed by atoms with Crippen molar-refractivity contribution < 1.29 is 13.2 Å². The van der Waals surface area contributed by atoms with Gasteiger partial charge in [0.15, 0.2) is 0 Å². The van der Waals surface area contributed by atoms with Gasteiger partial charge in [-0.15, -0.1) is 0 Å². The maximum Gasteiger partial charge on any atom is 0.258 e. The second-order valence-electron chi connectivity index (χ2n) is 7.37. The summed E-state index contributed by atoms with van der Waals surface area (Å²) in [6.07, 6.45) is 1.81. The Kier molecular flexibility index (Phi) is 6.36. The van der Waals surface area contributed by atoms with Crippen molar-refractivity contribution in [1.29, 1.82) is 0 Å². The first-order valence-corrected chi connectivity index (χ1v) is 11.7. The fourth-order valence-corrected chi connectivity index (χ4v) is 5.94. The first-order valence-electron chi connectivity index (χ1n) is 9.92. The fraction of sp³-hybridized carbons (Fsp3) is 0.409. The highest BCUT2D eigenvalue weighted by atomic mass is 35.5. The van der Waals surface area contributed by atoms with Crippen LogP contribution in [-0.2, 0) is 16.4 Å². The molecule has 0 saturated carbocycles. The van der Waals surface area contributed by atoms with Gasteiger partial charge in [0.2, 0.25) is 10.0 Å². The number of rotatable bonds is 5. The molecule has 1 aliphatic heterocycles. The van der Waals surface area contributed by atoms with Crippen LogP contribution in [0.15, 0.2) is 35.2 Å². The maximum atomic E-state index is 13.4. The summed E-state index contributed by atoms with van der Waals surface area (Å²) in [4.78, 5) is 15.1. The first-order chi connectivity index (χ1) is 13.7. The number of carbonyl (C=O) groups is 1. The van der Waals surface area contributed by atoms with Crippen molar-refractivity contribution in [2.75, 3.05) is 24.5 Å². The molecule has 2 aromatic rings. The van der Waals surface area contributed by atoms with E-state index in [2.05, 4.69) is 13.0 Å². The number of hydrogen-bond donors (Lipinski definition) is 0. The molecule has 1 heterocycles. The minimum absolute atomic E-state index is 0.0219. The number of aryl methyl sites for hydroxylation is 2. The summed E-state index contributed by atoms with van der Waals surface area (Å²) < 4.78 is 27.3.